The zero-order chi connectivity index (χ0) is 15.9. The van der Waals surface area contributed by atoms with Crippen LogP contribution in [0.4, 0.5) is 10.9 Å². The van der Waals surface area contributed by atoms with E-state index in [0.29, 0.717) is 6.54 Å². The summed E-state index contributed by atoms with van der Waals surface area (Å²) >= 11 is 1.45. The Kier molecular flexibility index (Phi) is 4.90. The molecule has 0 radical (unpaired) electrons. The van der Waals surface area contributed by atoms with Gasteiger partial charge in [-0.25, -0.2) is 9.97 Å². The number of aromatic nitrogens is 3. The highest BCUT2D eigenvalue weighted by Crippen LogP contribution is 2.19. The Morgan fingerprint density at radius 2 is 2.13 bits per heavy atom. The number of nitrogens with one attached hydrogen (secondary N) is 2. The average Bonchev–Trinajstić information content (AvgIpc) is 3.02. The van der Waals surface area contributed by atoms with Crippen molar-refractivity contribution in [1.29, 1.82) is 0 Å². The second-order valence-corrected chi connectivity index (χ2v) is 5.66. The highest BCUT2D eigenvalue weighted by molar-refractivity contribution is 7.13. The van der Waals surface area contributed by atoms with Crippen LogP contribution in [-0.2, 0) is 17.8 Å². The third-order valence-electron chi connectivity index (χ3n) is 3.01. The maximum Gasteiger partial charge on any atom is 0.226 e. The molecule has 1 amide bonds. The van der Waals surface area contributed by atoms with Gasteiger partial charge in [-0.05, 0) is 23.8 Å². The van der Waals surface area contributed by atoms with E-state index in [1.165, 1.54) is 11.3 Å². The van der Waals surface area contributed by atoms with Gasteiger partial charge in [0.1, 0.15) is 5.82 Å². The third-order valence-corrected chi connectivity index (χ3v) is 3.81. The zero-order valence-corrected chi connectivity index (χ0v) is 13.1. The molecule has 23 heavy (non-hydrogen) atoms. The molecule has 7 heteroatoms. The van der Waals surface area contributed by atoms with Crippen molar-refractivity contribution >= 4 is 28.2 Å². The SMILES string of the molecule is O=C(Cc1csc(Nc2ccccn2)n1)NCc1cccnc1. The normalized spacial score (nSPS) is 10.3. The van der Waals surface area contributed by atoms with Crippen molar-refractivity contribution < 1.29 is 4.79 Å². The fourth-order valence-corrected chi connectivity index (χ4v) is 2.64. The number of carbonyl (C=O) groups is 1. The van der Waals surface area contributed by atoms with E-state index in [4.69, 9.17) is 0 Å². The molecule has 0 saturated heterocycles. The molecule has 3 heterocycles. The van der Waals surface area contributed by atoms with Crippen LogP contribution < -0.4 is 10.6 Å². The van der Waals surface area contributed by atoms with Crippen molar-refractivity contribution in [1.82, 2.24) is 20.3 Å². The fourth-order valence-electron chi connectivity index (χ4n) is 1.92. The number of thiazole rings is 1. The first-order chi connectivity index (χ1) is 11.3. The second-order valence-electron chi connectivity index (χ2n) is 4.80. The van der Waals surface area contributed by atoms with Crippen LogP contribution in [0.1, 0.15) is 11.3 Å². The smallest absolute Gasteiger partial charge is 0.226 e. The Bertz CT molecular complexity index is 760. The van der Waals surface area contributed by atoms with E-state index >= 15 is 0 Å². The molecule has 0 saturated carbocycles. The molecular weight excluding hydrogens is 310 g/mol. The predicted octanol–water partition coefficient (Wildman–Crippen LogP) is 2.54. The monoisotopic (exact) mass is 325 g/mol. The van der Waals surface area contributed by atoms with Crippen LogP contribution in [0.3, 0.4) is 0 Å². The van der Waals surface area contributed by atoms with Crippen molar-refractivity contribution in [2.75, 3.05) is 5.32 Å². The molecule has 0 aliphatic carbocycles. The number of hydrogen-bond acceptors (Lipinski definition) is 6. The average molecular weight is 325 g/mol. The van der Waals surface area contributed by atoms with E-state index in [-0.39, 0.29) is 12.3 Å². The van der Waals surface area contributed by atoms with Gasteiger partial charge in [0.05, 0.1) is 12.1 Å². The maximum atomic E-state index is 12.0. The summed E-state index contributed by atoms with van der Waals surface area (Å²) in [5, 5.41) is 8.56. The Morgan fingerprint density at radius 3 is 2.91 bits per heavy atom. The van der Waals surface area contributed by atoms with Gasteiger partial charge >= 0.3 is 0 Å². The number of nitrogens with zero attached hydrogens (tertiary/aromatic N) is 3. The Labute approximate surface area is 137 Å². The van der Waals surface area contributed by atoms with Gasteiger partial charge in [-0.3, -0.25) is 9.78 Å². The Morgan fingerprint density at radius 1 is 1.17 bits per heavy atom. The summed E-state index contributed by atoms with van der Waals surface area (Å²) in [6, 6.07) is 9.38. The van der Waals surface area contributed by atoms with Crippen molar-refractivity contribution in [3.05, 3.63) is 65.6 Å². The number of amides is 1. The lowest BCUT2D eigenvalue weighted by atomic mass is 10.2. The molecule has 0 fully saturated rings. The van der Waals surface area contributed by atoms with Gasteiger partial charge in [0.2, 0.25) is 5.91 Å². The van der Waals surface area contributed by atoms with E-state index in [2.05, 4.69) is 25.6 Å². The van der Waals surface area contributed by atoms with Crippen LogP contribution in [0, 0.1) is 0 Å². The lowest BCUT2D eigenvalue weighted by molar-refractivity contribution is -0.120. The lowest BCUT2D eigenvalue weighted by Crippen LogP contribution is -2.24. The van der Waals surface area contributed by atoms with Crippen LogP contribution in [0.15, 0.2) is 54.3 Å². The molecule has 6 nitrogen and oxygen atoms in total. The van der Waals surface area contributed by atoms with Gasteiger partial charge in [-0.1, -0.05) is 12.1 Å². The van der Waals surface area contributed by atoms with Crippen LogP contribution in [-0.4, -0.2) is 20.9 Å². The first kappa shape index (κ1) is 15.1. The van der Waals surface area contributed by atoms with Gasteiger partial charge in [0, 0.05) is 30.5 Å². The quantitative estimate of drug-likeness (QED) is 0.728. The van der Waals surface area contributed by atoms with Crippen LogP contribution in [0.25, 0.3) is 0 Å². The van der Waals surface area contributed by atoms with Crippen LogP contribution >= 0.6 is 11.3 Å². The van der Waals surface area contributed by atoms with Crippen molar-refractivity contribution in [2.24, 2.45) is 0 Å². The van der Waals surface area contributed by atoms with Gasteiger partial charge in [-0.2, -0.15) is 0 Å². The molecule has 0 bridgehead atoms. The Balaban J connectivity index is 1.51. The van der Waals surface area contributed by atoms with Gasteiger partial charge in [0.25, 0.3) is 0 Å². The highest BCUT2D eigenvalue weighted by atomic mass is 32.1. The maximum absolute atomic E-state index is 12.0. The summed E-state index contributed by atoms with van der Waals surface area (Å²) in [5.74, 6) is 0.665. The predicted molar refractivity (Wildman–Crippen MR) is 89.4 cm³/mol. The van der Waals surface area contributed by atoms with Crippen LogP contribution in [0.5, 0.6) is 0 Å². The zero-order valence-electron chi connectivity index (χ0n) is 12.3. The molecular formula is C16H15N5OS. The summed E-state index contributed by atoms with van der Waals surface area (Å²) in [7, 11) is 0. The Hall–Kier alpha value is -2.80. The van der Waals surface area contributed by atoms with E-state index in [1.54, 1.807) is 18.6 Å². The molecule has 3 aromatic heterocycles. The van der Waals surface area contributed by atoms with Gasteiger partial charge in [-0.15, -0.1) is 11.3 Å². The molecule has 0 spiro atoms. The second kappa shape index (κ2) is 7.46. The summed E-state index contributed by atoms with van der Waals surface area (Å²) in [4.78, 5) is 24.5. The number of rotatable bonds is 6. The molecule has 3 aromatic rings. The summed E-state index contributed by atoms with van der Waals surface area (Å²) in [6.45, 7) is 0.468. The topological polar surface area (TPSA) is 79.8 Å². The number of carbonyl (C=O) groups excluding carboxylic acids is 1. The molecule has 0 atom stereocenters. The molecule has 2 N–H and O–H groups in total. The first-order valence-electron chi connectivity index (χ1n) is 7.07. The van der Waals surface area contributed by atoms with Crippen molar-refractivity contribution in [3.8, 4) is 0 Å². The van der Waals surface area contributed by atoms with E-state index in [1.807, 2.05) is 35.7 Å². The molecule has 3 rings (SSSR count). The van der Waals surface area contributed by atoms with Crippen LogP contribution in [0.2, 0.25) is 0 Å². The molecule has 0 aliphatic heterocycles. The van der Waals surface area contributed by atoms with E-state index in [9.17, 15) is 4.79 Å². The minimum Gasteiger partial charge on any atom is -0.352 e. The van der Waals surface area contributed by atoms with E-state index < -0.39 is 0 Å². The summed E-state index contributed by atoms with van der Waals surface area (Å²) < 4.78 is 0. The van der Waals surface area contributed by atoms with Gasteiger partial charge in [0.15, 0.2) is 5.13 Å². The lowest BCUT2D eigenvalue weighted by Gasteiger charge is -2.03. The molecule has 0 aromatic carbocycles. The van der Waals surface area contributed by atoms with E-state index in [0.717, 1.165) is 22.2 Å². The third kappa shape index (κ3) is 4.58. The van der Waals surface area contributed by atoms with Crippen molar-refractivity contribution in [3.63, 3.8) is 0 Å². The number of hydrogen-bond donors (Lipinski definition) is 2. The summed E-state index contributed by atoms with van der Waals surface area (Å²) in [5.41, 5.74) is 1.70. The largest absolute Gasteiger partial charge is 0.352 e. The van der Waals surface area contributed by atoms with Crippen molar-refractivity contribution in [2.45, 2.75) is 13.0 Å². The van der Waals surface area contributed by atoms with Gasteiger partial charge < -0.3 is 10.6 Å². The molecule has 0 aliphatic rings. The molecule has 0 unspecified atom stereocenters. The fraction of sp³-hybridized carbons (Fsp3) is 0.125. The molecule has 116 valence electrons. The minimum absolute atomic E-state index is 0.0662. The highest BCUT2D eigenvalue weighted by Gasteiger charge is 2.08. The number of pyridine rings is 2. The first-order valence-corrected chi connectivity index (χ1v) is 7.95. The number of anilines is 2. The summed E-state index contributed by atoms with van der Waals surface area (Å²) in [6.07, 6.45) is 5.40. The standard InChI is InChI=1S/C16H15N5OS/c22-15(19-10-12-4-3-6-17-9-12)8-13-11-23-16(20-13)21-14-5-1-2-7-18-14/h1-7,9,11H,8,10H2,(H,19,22)(H,18,20,21). The minimum atomic E-state index is -0.0662.